The SMILES string of the molecule is Cc1ccc(OCc2cccc(F)c2)c(-n2cc(C(=O)Nc3cc(Cl)cc(S(C)(=O)=O)c3)cn2)n1. The zero-order valence-electron chi connectivity index (χ0n) is 18.7. The number of aryl methyl sites for hydroxylation is 1. The molecule has 0 bridgehead atoms. The highest BCUT2D eigenvalue weighted by atomic mass is 35.5. The van der Waals surface area contributed by atoms with Gasteiger partial charge in [-0.2, -0.15) is 5.10 Å². The van der Waals surface area contributed by atoms with Crippen LogP contribution >= 0.6 is 11.6 Å². The maximum absolute atomic E-state index is 13.5. The summed E-state index contributed by atoms with van der Waals surface area (Å²) in [7, 11) is -3.51. The second kappa shape index (κ2) is 9.85. The first-order chi connectivity index (χ1) is 16.6. The van der Waals surface area contributed by atoms with Gasteiger partial charge in [-0.05, 0) is 55.0 Å². The fourth-order valence-electron chi connectivity index (χ4n) is 3.20. The molecule has 0 saturated heterocycles. The summed E-state index contributed by atoms with van der Waals surface area (Å²) in [4.78, 5) is 17.2. The Kier molecular flexibility index (Phi) is 6.86. The molecule has 1 N–H and O–H groups in total. The number of ether oxygens (including phenoxy) is 1. The van der Waals surface area contributed by atoms with Crippen LogP contribution in [0.5, 0.6) is 5.75 Å². The van der Waals surface area contributed by atoms with Crippen LogP contribution in [0.1, 0.15) is 21.6 Å². The van der Waals surface area contributed by atoms with Crippen LogP contribution in [-0.2, 0) is 16.4 Å². The van der Waals surface area contributed by atoms with Gasteiger partial charge in [-0.25, -0.2) is 22.5 Å². The van der Waals surface area contributed by atoms with Gasteiger partial charge in [-0.3, -0.25) is 4.79 Å². The number of nitrogens with zero attached hydrogens (tertiary/aromatic N) is 3. The number of benzene rings is 2. The van der Waals surface area contributed by atoms with Crippen molar-refractivity contribution < 1.29 is 22.3 Å². The maximum atomic E-state index is 13.5. The Morgan fingerprint density at radius 2 is 1.97 bits per heavy atom. The molecule has 2 aromatic heterocycles. The average molecular weight is 515 g/mol. The molecular formula is C24H20ClFN4O4S. The molecule has 0 radical (unpaired) electrons. The van der Waals surface area contributed by atoms with Crippen LogP contribution in [0.2, 0.25) is 5.02 Å². The number of amides is 1. The van der Waals surface area contributed by atoms with E-state index in [1.54, 1.807) is 31.2 Å². The van der Waals surface area contributed by atoms with Crippen molar-refractivity contribution in [2.75, 3.05) is 11.6 Å². The third-order valence-electron chi connectivity index (χ3n) is 4.88. The molecule has 0 spiro atoms. The topological polar surface area (TPSA) is 103 Å². The van der Waals surface area contributed by atoms with Gasteiger partial charge in [0.15, 0.2) is 21.4 Å². The van der Waals surface area contributed by atoms with E-state index in [1.807, 2.05) is 0 Å². The number of pyridine rings is 1. The fourth-order valence-corrected chi connectivity index (χ4v) is 4.18. The highest BCUT2D eigenvalue weighted by Crippen LogP contribution is 2.25. The number of sulfone groups is 1. The molecule has 11 heteroatoms. The van der Waals surface area contributed by atoms with Gasteiger partial charge in [0.1, 0.15) is 12.4 Å². The number of hydrogen-bond donors (Lipinski definition) is 1. The number of nitrogens with one attached hydrogen (secondary N) is 1. The van der Waals surface area contributed by atoms with Gasteiger partial charge in [0.25, 0.3) is 5.91 Å². The number of anilines is 1. The lowest BCUT2D eigenvalue weighted by atomic mass is 10.2. The van der Waals surface area contributed by atoms with Crippen LogP contribution in [0.15, 0.2) is 71.9 Å². The molecule has 2 heterocycles. The molecule has 35 heavy (non-hydrogen) atoms. The summed E-state index contributed by atoms with van der Waals surface area (Å²) in [6.07, 6.45) is 3.86. The van der Waals surface area contributed by atoms with Crippen molar-refractivity contribution in [1.29, 1.82) is 0 Å². The molecule has 8 nitrogen and oxygen atoms in total. The van der Waals surface area contributed by atoms with E-state index in [1.165, 1.54) is 47.4 Å². The van der Waals surface area contributed by atoms with Crippen molar-refractivity contribution in [3.63, 3.8) is 0 Å². The Labute approximate surface area is 206 Å². The van der Waals surface area contributed by atoms with E-state index in [0.29, 0.717) is 22.8 Å². The quantitative estimate of drug-likeness (QED) is 0.386. The Morgan fingerprint density at radius 1 is 1.17 bits per heavy atom. The Bertz CT molecular complexity index is 1520. The molecular weight excluding hydrogens is 495 g/mol. The standard InChI is InChI=1S/C24H20ClFN4O4S/c1-15-6-7-22(34-14-16-4-3-5-19(26)8-16)23(28-15)30-13-17(12-27-30)24(31)29-20-9-18(25)10-21(11-20)35(2,32)33/h3-13H,14H2,1-2H3,(H,29,31). The lowest BCUT2D eigenvalue weighted by Gasteiger charge is -2.11. The second-order valence-corrected chi connectivity index (χ2v) is 10.2. The smallest absolute Gasteiger partial charge is 0.258 e. The summed E-state index contributed by atoms with van der Waals surface area (Å²) >= 11 is 6.01. The van der Waals surface area contributed by atoms with E-state index >= 15 is 0 Å². The number of hydrogen-bond acceptors (Lipinski definition) is 6. The van der Waals surface area contributed by atoms with Crippen LogP contribution in [0.3, 0.4) is 0 Å². The molecule has 2 aromatic carbocycles. The number of halogens is 2. The monoisotopic (exact) mass is 514 g/mol. The minimum absolute atomic E-state index is 0.0138. The van der Waals surface area contributed by atoms with Gasteiger partial charge in [-0.15, -0.1) is 0 Å². The zero-order chi connectivity index (χ0) is 25.2. The van der Waals surface area contributed by atoms with E-state index < -0.39 is 15.7 Å². The van der Waals surface area contributed by atoms with E-state index in [0.717, 1.165) is 6.26 Å². The molecule has 0 aliphatic carbocycles. The van der Waals surface area contributed by atoms with Crippen molar-refractivity contribution in [2.24, 2.45) is 0 Å². The summed E-state index contributed by atoms with van der Waals surface area (Å²) in [6, 6.07) is 13.6. The number of carbonyl (C=O) groups excluding carboxylic acids is 1. The van der Waals surface area contributed by atoms with Gasteiger partial charge < -0.3 is 10.1 Å². The predicted molar refractivity (Wildman–Crippen MR) is 129 cm³/mol. The van der Waals surface area contributed by atoms with Crippen LogP contribution in [0.4, 0.5) is 10.1 Å². The largest absolute Gasteiger partial charge is 0.485 e. The normalized spacial score (nSPS) is 11.3. The summed E-state index contributed by atoms with van der Waals surface area (Å²) in [5.41, 5.74) is 1.77. The third-order valence-corrected chi connectivity index (χ3v) is 6.19. The van der Waals surface area contributed by atoms with Gasteiger partial charge in [0.2, 0.25) is 0 Å². The summed E-state index contributed by atoms with van der Waals surface area (Å²) in [5, 5.41) is 7.02. The van der Waals surface area contributed by atoms with Gasteiger partial charge in [0.05, 0.1) is 16.7 Å². The van der Waals surface area contributed by atoms with Crippen molar-refractivity contribution in [3.8, 4) is 11.6 Å². The summed E-state index contributed by atoms with van der Waals surface area (Å²) in [5.74, 6) is -0.141. The lowest BCUT2D eigenvalue weighted by Crippen LogP contribution is -2.12. The summed E-state index contributed by atoms with van der Waals surface area (Å²) in [6.45, 7) is 1.91. The lowest BCUT2D eigenvalue weighted by molar-refractivity contribution is 0.102. The second-order valence-electron chi connectivity index (χ2n) is 7.77. The molecule has 180 valence electrons. The van der Waals surface area contributed by atoms with Crippen LogP contribution in [0.25, 0.3) is 5.82 Å². The fraction of sp³-hybridized carbons (Fsp3) is 0.125. The molecule has 0 saturated carbocycles. The van der Waals surface area contributed by atoms with Crippen LogP contribution in [0, 0.1) is 12.7 Å². The van der Waals surface area contributed by atoms with Gasteiger partial charge >= 0.3 is 0 Å². The first-order valence-electron chi connectivity index (χ1n) is 10.3. The Hall–Kier alpha value is -3.76. The molecule has 0 atom stereocenters. The van der Waals surface area contributed by atoms with Crippen molar-refractivity contribution in [1.82, 2.24) is 14.8 Å². The predicted octanol–water partition coefficient (Wildman–Crippen LogP) is 4.60. The molecule has 1 amide bonds. The van der Waals surface area contributed by atoms with Crippen molar-refractivity contribution >= 4 is 33.0 Å². The van der Waals surface area contributed by atoms with E-state index in [4.69, 9.17) is 16.3 Å². The highest BCUT2D eigenvalue weighted by Gasteiger charge is 2.16. The van der Waals surface area contributed by atoms with Gasteiger partial charge in [-0.1, -0.05) is 23.7 Å². The third kappa shape index (κ3) is 6.03. The zero-order valence-corrected chi connectivity index (χ0v) is 20.3. The first kappa shape index (κ1) is 24.4. The molecule has 4 rings (SSSR count). The van der Waals surface area contributed by atoms with Crippen LogP contribution < -0.4 is 10.1 Å². The maximum Gasteiger partial charge on any atom is 0.258 e. The minimum Gasteiger partial charge on any atom is -0.485 e. The summed E-state index contributed by atoms with van der Waals surface area (Å²) < 4.78 is 44.4. The van der Waals surface area contributed by atoms with E-state index in [-0.39, 0.29) is 33.6 Å². The number of carbonyl (C=O) groups is 1. The van der Waals surface area contributed by atoms with Crippen molar-refractivity contribution in [3.05, 3.63) is 94.7 Å². The molecule has 0 unspecified atom stereocenters. The molecule has 4 aromatic rings. The van der Waals surface area contributed by atoms with Gasteiger partial charge in [0, 0.05) is 28.9 Å². The minimum atomic E-state index is -3.51. The van der Waals surface area contributed by atoms with Crippen LogP contribution in [-0.4, -0.2) is 35.3 Å². The van der Waals surface area contributed by atoms with Crippen molar-refractivity contribution in [2.45, 2.75) is 18.4 Å². The Morgan fingerprint density at radius 3 is 2.71 bits per heavy atom. The van der Waals surface area contributed by atoms with E-state index in [2.05, 4.69) is 15.4 Å². The van der Waals surface area contributed by atoms with E-state index in [9.17, 15) is 17.6 Å². The highest BCUT2D eigenvalue weighted by molar-refractivity contribution is 7.90. The number of aromatic nitrogens is 3. The molecule has 0 fully saturated rings. The average Bonchev–Trinajstić information content (AvgIpc) is 3.28. The number of rotatable bonds is 7. The molecule has 0 aliphatic rings. The Balaban J connectivity index is 1.56. The first-order valence-corrected chi connectivity index (χ1v) is 12.6. The molecule has 0 aliphatic heterocycles.